The Balaban J connectivity index is 2.60. The van der Waals surface area contributed by atoms with Crippen LogP contribution in [0.4, 0.5) is 0 Å². The first kappa shape index (κ1) is 16.9. The van der Waals surface area contributed by atoms with Gasteiger partial charge in [-0.05, 0) is 19.8 Å². The van der Waals surface area contributed by atoms with Crippen molar-refractivity contribution in [3.8, 4) is 0 Å². The van der Waals surface area contributed by atoms with E-state index in [-0.39, 0.29) is 6.42 Å². The Morgan fingerprint density at radius 3 is 2.52 bits per heavy atom. The lowest BCUT2D eigenvalue weighted by Crippen LogP contribution is -2.53. The number of carbonyl (C=O) groups is 4. The molecule has 9 heteroatoms. The third kappa shape index (κ3) is 4.42. The van der Waals surface area contributed by atoms with Crippen molar-refractivity contribution in [2.45, 2.75) is 44.3 Å². The minimum absolute atomic E-state index is 0.325. The highest BCUT2D eigenvalue weighted by Crippen LogP contribution is 2.18. The van der Waals surface area contributed by atoms with E-state index in [0.717, 1.165) is 0 Å². The Kier molecular flexibility index (Phi) is 5.65. The van der Waals surface area contributed by atoms with Gasteiger partial charge in [0.15, 0.2) is 0 Å². The molecule has 1 saturated heterocycles. The van der Waals surface area contributed by atoms with Crippen molar-refractivity contribution in [1.29, 1.82) is 0 Å². The molecule has 0 aliphatic carbocycles. The van der Waals surface area contributed by atoms with Crippen molar-refractivity contribution in [2.24, 2.45) is 11.5 Å². The molecule has 0 aromatic heterocycles. The monoisotopic (exact) mass is 300 g/mol. The van der Waals surface area contributed by atoms with Crippen LogP contribution in [0.25, 0.3) is 0 Å². The molecule has 3 amide bonds. The van der Waals surface area contributed by atoms with Gasteiger partial charge < -0.3 is 26.8 Å². The van der Waals surface area contributed by atoms with Crippen molar-refractivity contribution in [2.75, 3.05) is 6.54 Å². The number of aliphatic carboxylic acids is 1. The van der Waals surface area contributed by atoms with Gasteiger partial charge in [0.05, 0.1) is 12.5 Å². The summed E-state index contributed by atoms with van der Waals surface area (Å²) in [5.41, 5.74) is 10.4. The molecule has 0 bridgehead atoms. The van der Waals surface area contributed by atoms with Crippen LogP contribution in [-0.4, -0.2) is 58.4 Å². The molecular weight excluding hydrogens is 280 g/mol. The van der Waals surface area contributed by atoms with Crippen LogP contribution in [0.1, 0.15) is 26.2 Å². The van der Waals surface area contributed by atoms with Crippen molar-refractivity contribution in [3.63, 3.8) is 0 Å². The van der Waals surface area contributed by atoms with Crippen LogP contribution >= 0.6 is 0 Å². The number of likely N-dealkylation sites (tertiary alicyclic amines) is 1. The fourth-order valence-corrected chi connectivity index (χ4v) is 2.23. The van der Waals surface area contributed by atoms with Crippen LogP contribution in [0.5, 0.6) is 0 Å². The SMILES string of the molecule is C[C@H](NC(=O)[C@@H](N)CC(N)=O)C(=O)N1CCC[C@H]1C(=O)O. The molecule has 0 spiro atoms. The quantitative estimate of drug-likeness (QED) is 0.435. The van der Waals surface area contributed by atoms with Gasteiger partial charge >= 0.3 is 5.97 Å². The maximum absolute atomic E-state index is 12.2. The van der Waals surface area contributed by atoms with Gasteiger partial charge in [0, 0.05) is 6.54 Å². The van der Waals surface area contributed by atoms with Gasteiger partial charge in [0.2, 0.25) is 17.7 Å². The van der Waals surface area contributed by atoms with E-state index in [9.17, 15) is 19.2 Å². The standard InChI is InChI=1S/C12H20N4O5/c1-6(15-10(18)7(13)5-9(14)17)11(19)16-4-2-3-8(16)12(20)21/h6-8H,2-5,13H2,1H3,(H2,14,17)(H,15,18)(H,20,21)/t6-,7-,8-/m0/s1. The minimum atomic E-state index is -1.13. The molecule has 3 atom stereocenters. The summed E-state index contributed by atoms with van der Waals surface area (Å²) in [5.74, 6) is -2.95. The predicted octanol–water partition coefficient (Wildman–Crippen LogP) is -2.23. The third-order valence-electron chi connectivity index (χ3n) is 3.31. The topological polar surface area (TPSA) is 156 Å². The summed E-state index contributed by atoms with van der Waals surface area (Å²) in [5, 5.41) is 11.4. The van der Waals surface area contributed by atoms with Gasteiger partial charge in [0.25, 0.3) is 0 Å². The lowest BCUT2D eigenvalue weighted by molar-refractivity contribution is -0.149. The maximum atomic E-state index is 12.2. The number of nitrogens with two attached hydrogens (primary N) is 2. The molecule has 1 rings (SSSR count). The van der Waals surface area contributed by atoms with Gasteiger partial charge in [0.1, 0.15) is 12.1 Å². The van der Waals surface area contributed by atoms with E-state index >= 15 is 0 Å². The highest BCUT2D eigenvalue weighted by molar-refractivity contribution is 5.93. The number of amides is 3. The molecule has 0 unspecified atom stereocenters. The second kappa shape index (κ2) is 7.02. The number of carboxylic acid groups (broad SMARTS) is 1. The van der Waals surface area contributed by atoms with Crippen LogP contribution < -0.4 is 16.8 Å². The van der Waals surface area contributed by atoms with Crippen LogP contribution in [0.2, 0.25) is 0 Å². The number of hydrogen-bond donors (Lipinski definition) is 4. The molecule has 9 nitrogen and oxygen atoms in total. The van der Waals surface area contributed by atoms with E-state index in [1.807, 2.05) is 0 Å². The Morgan fingerprint density at radius 2 is 2.00 bits per heavy atom. The molecule has 1 aliphatic rings. The second-order valence-electron chi connectivity index (χ2n) is 5.04. The molecule has 1 aliphatic heterocycles. The first-order valence-corrected chi connectivity index (χ1v) is 6.61. The van der Waals surface area contributed by atoms with Crippen molar-refractivity contribution >= 4 is 23.7 Å². The van der Waals surface area contributed by atoms with Crippen molar-refractivity contribution < 1.29 is 24.3 Å². The first-order chi connectivity index (χ1) is 9.73. The molecule has 0 saturated carbocycles. The predicted molar refractivity (Wildman–Crippen MR) is 71.8 cm³/mol. The molecule has 0 aromatic carbocycles. The van der Waals surface area contributed by atoms with Crippen LogP contribution in [0.15, 0.2) is 0 Å². The van der Waals surface area contributed by atoms with Crippen molar-refractivity contribution in [1.82, 2.24) is 10.2 Å². The number of primary amides is 1. The first-order valence-electron chi connectivity index (χ1n) is 6.61. The lowest BCUT2D eigenvalue weighted by atomic mass is 10.1. The normalized spacial score (nSPS) is 20.7. The summed E-state index contributed by atoms with van der Waals surface area (Å²) in [7, 11) is 0. The fraction of sp³-hybridized carbons (Fsp3) is 0.667. The van der Waals surface area contributed by atoms with Gasteiger partial charge in [-0.15, -0.1) is 0 Å². The summed E-state index contributed by atoms with van der Waals surface area (Å²) in [6.45, 7) is 1.78. The zero-order chi connectivity index (χ0) is 16.2. The van der Waals surface area contributed by atoms with E-state index < -0.39 is 41.8 Å². The number of carbonyl (C=O) groups excluding carboxylic acids is 3. The van der Waals surface area contributed by atoms with Gasteiger partial charge in [-0.3, -0.25) is 14.4 Å². The van der Waals surface area contributed by atoms with E-state index in [0.29, 0.717) is 19.4 Å². The summed E-state index contributed by atoms with van der Waals surface area (Å²) in [6.07, 6.45) is 0.668. The molecule has 0 aromatic rings. The zero-order valence-electron chi connectivity index (χ0n) is 11.7. The average Bonchev–Trinajstić information content (AvgIpc) is 2.85. The number of nitrogens with zero attached hydrogens (tertiary/aromatic N) is 1. The van der Waals surface area contributed by atoms with Crippen LogP contribution in [0, 0.1) is 0 Å². The van der Waals surface area contributed by atoms with Crippen LogP contribution in [0.3, 0.4) is 0 Å². The smallest absolute Gasteiger partial charge is 0.326 e. The molecule has 0 radical (unpaired) electrons. The number of hydrogen-bond acceptors (Lipinski definition) is 5. The molecular formula is C12H20N4O5. The molecule has 21 heavy (non-hydrogen) atoms. The van der Waals surface area contributed by atoms with E-state index in [1.54, 1.807) is 0 Å². The summed E-state index contributed by atoms with van der Waals surface area (Å²) < 4.78 is 0. The molecule has 1 fully saturated rings. The van der Waals surface area contributed by atoms with Gasteiger partial charge in [-0.1, -0.05) is 0 Å². The zero-order valence-corrected chi connectivity index (χ0v) is 11.7. The Labute approximate surface area is 121 Å². The number of nitrogens with one attached hydrogen (secondary N) is 1. The molecule has 6 N–H and O–H groups in total. The maximum Gasteiger partial charge on any atom is 0.326 e. The highest BCUT2D eigenvalue weighted by atomic mass is 16.4. The third-order valence-corrected chi connectivity index (χ3v) is 3.31. The van der Waals surface area contributed by atoms with E-state index in [2.05, 4.69) is 5.32 Å². The summed E-state index contributed by atoms with van der Waals surface area (Å²) in [4.78, 5) is 46.8. The Bertz CT molecular complexity index is 453. The van der Waals surface area contributed by atoms with Crippen molar-refractivity contribution in [3.05, 3.63) is 0 Å². The van der Waals surface area contributed by atoms with Gasteiger partial charge in [-0.25, -0.2) is 4.79 Å². The van der Waals surface area contributed by atoms with E-state index in [4.69, 9.17) is 16.6 Å². The van der Waals surface area contributed by atoms with Gasteiger partial charge in [-0.2, -0.15) is 0 Å². The number of rotatable bonds is 6. The number of carboxylic acids is 1. The summed E-state index contributed by atoms with van der Waals surface area (Å²) >= 11 is 0. The molecule has 1 heterocycles. The highest BCUT2D eigenvalue weighted by Gasteiger charge is 2.36. The lowest BCUT2D eigenvalue weighted by Gasteiger charge is -2.25. The Hall–Kier alpha value is -2.16. The largest absolute Gasteiger partial charge is 0.480 e. The second-order valence-corrected chi connectivity index (χ2v) is 5.04. The van der Waals surface area contributed by atoms with Crippen LogP contribution in [-0.2, 0) is 19.2 Å². The average molecular weight is 300 g/mol. The van der Waals surface area contributed by atoms with E-state index in [1.165, 1.54) is 11.8 Å². The fourth-order valence-electron chi connectivity index (χ4n) is 2.23. The Morgan fingerprint density at radius 1 is 1.38 bits per heavy atom. The molecule has 118 valence electrons. The summed E-state index contributed by atoms with van der Waals surface area (Å²) in [6, 6.07) is -2.92. The minimum Gasteiger partial charge on any atom is -0.480 e.